The van der Waals surface area contributed by atoms with Crippen molar-refractivity contribution in [1.29, 1.82) is 0 Å². The Hall–Kier alpha value is -7.22. The topological polar surface area (TPSA) is 27.1 Å². The summed E-state index contributed by atoms with van der Waals surface area (Å²) in [6.07, 6.45) is 0. The maximum Gasteiger partial charge on any atom is 0.187 e. The zero-order chi connectivity index (χ0) is 34.6. The summed E-state index contributed by atoms with van der Waals surface area (Å²) in [4.78, 5) is 8.92. The molecule has 0 atom stereocenters. The monoisotopic (exact) mass is 662 g/mol. The van der Waals surface area contributed by atoms with Crippen LogP contribution in [0.1, 0.15) is 0 Å². The first-order valence-electron chi connectivity index (χ1n) is 17.4. The lowest BCUT2D eigenvalue weighted by Crippen LogP contribution is -1.97. The van der Waals surface area contributed by atoms with Gasteiger partial charge in [-0.25, -0.2) is 9.83 Å². The maximum atomic E-state index is 7.60. The molecule has 0 saturated carbocycles. The summed E-state index contributed by atoms with van der Waals surface area (Å²) in [6, 6.07) is 63.8. The smallest absolute Gasteiger partial charge is 0.187 e. The quantitative estimate of drug-likeness (QED) is 0.169. The van der Waals surface area contributed by atoms with Crippen LogP contribution in [0.25, 0.3) is 93.5 Å². The normalized spacial score (nSPS) is 11.4. The zero-order valence-corrected chi connectivity index (χ0v) is 28.1. The number of pyridine rings is 1. The molecule has 4 heteroatoms. The number of benzene rings is 7. The lowest BCUT2D eigenvalue weighted by Gasteiger charge is -2.13. The first-order chi connectivity index (χ1) is 25.7. The van der Waals surface area contributed by atoms with Gasteiger partial charge in [-0.05, 0) is 77.4 Å². The molecule has 0 amide bonds. The van der Waals surface area contributed by atoms with Crippen molar-refractivity contribution in [3.63, 3.8) is 0 Å². The van der Waals surface area contributed by atoms with Gasteiger partial charge in [0.15, 0.2) is 5.69 Å². The van der Waals surface area contributed by atoms with Crippen LogP contribution in [0.2, 0.25) is 0 Å². The molecule has 0 radical (unpaired) electrons. The fourth-order valence-electron chi connectivity index (χ4n) is 7.79. The summed E-state index contributed by atoms with van der Waals surface area (Å²) in [5, 5.41) is 4.88. The van der Waals surface area contributed by atoms with E-state index in [1.54, 1.807) is 0 Å². The molecule has 242 valence electrons. The Bertz CT molecular complexity index is 3020. The highest BCUT2D eigenvalue weighted by atomic mass is 15.0. The van der Waals surface area contributed by atoms with E-state index in [0.717, 1.165) is 50.5 Å². The molecule has 0 fully saturated rings. The molecule has 0 aliphatic rings. The van der Waals surface area contributed by atoms with Crippen molar-refractivity contribution < 1.29 is 0 Å². The van der Waals surface area contributed by atoms with Crippen LogP contribution in [0.5, 0.6) is 0 Å². The Balaban J connectivity index is 1.24. The van der Waals surface area contributed by atoms with E-state index in [2.05, 4.69) is 166 Å². The fourth-order valence-corrected chi connectivity index (χ4v) is 7.79. The number of hydrogen-bond acceptors (Lipinski definition) is 1. The van der Waals surface area contributed by atoms with Crippen LogP contribution in [-0.4, -0.2) is 14.1 Å². The minimum atomic E-state index is 0.597. The molecule has 0 N–H and O–H groups in total. The molecule has 0 unspecified atom stereocenters. The highest BCUT2D eigenvalue weighted by molar-refractivity contribution is 6.26. The minimum Gasteiger partial charge on any atom is -0.309 e. The van der Waals surface area contributed by atoms with E-state index in [9.17, 15) is 0 Å². The van der Waals surface area contributed by atoms with Crippen molar-refractivity contribution >= 4 is 49.3 Å². The van der Waals surface area contributed by atoms with Gasteiger partial charge in [0.2, 0.25) is 0 Å². The zero-order valence-electron chi connectivity index (χ0n) is 28.1. The van der Waals surface area contributed by atoms with Crippen LogP contribution in [-0.2, 0) is 0 Å². The van der Waals surface area contributed by atoms with Crippen LogP contribution >= 0.6 is 0 Å². The van der Waals surface area contributed by atoms with E-state index in [4.69, 9.17) is 11.6 Å². The van der Waals surface area contributed by atoms with Gasteiger partial charge in [-0.1, -0.05) is 121 Å². The van der Waals surface area contributed by atoms with Crippen LogP contribution in [0.3, 0.4) is 0 Å². The van der Waals surface area contributed by atoms with Gasteiger partial charge in [0.05, 0.1) is 40.0 Å². The molecule has 10 rings (SSSR count). The van der Waals surface area contributed by atoms with Crippen molar-refractivity contribution in [3.8, 4) is 45.0 Å². The Labute approximate surface area is 300 Å². The molecule has 4 nitrogen and oxygen atoms in total. The highest BCUT2D eigenvalue weighted by Gasteiger charge is 2.21. The first kappa shape index (κ1) is 29.7. The molecule has 7 aromatic carbocycles. The van der Waals surface area contributed by atoms with Crippen molar-refractivity contribution in [2.45, 2.75) is 0 Å². The van der Waals surface area contributed by atoms with Crippen LogP contribution in [0.15, 0.2) is 182 Å². The molecular formula is C48H30N4. The molecule has 0 bridgehead atoms. The second kappa shape index (κ2) is 12.0. The summed E-state index contributed by atoms with van der Waals surface area (Å²) < 4.78 is 4.81. The third-order valence-corrected chi connectivity index (χ3v) is 10.1. The van der Waals surface area contributed by atoms with Crippen molar-refractivity contribution in [3.05, 3.63) is 193 Å². The van der Waals surface area contributed by atoms with Gasteiger partial charge in [0.1, 0.15) is 0 Å². The molecule has 3 aromatic heterocycles. The average Bonchev–Trinajstić information content (AvgIpc) is 3.74. The lowest BCUT2D eigenvalue weighted by atomic mass is 9.99. The predicted octanol–water partition coefficient (Wildman–Crippen LogP) is 12.8. The van der Waals surface area contributed by atoms with Crippen LogP contribution in [0.4, 0.5) is 5.69 Å². The molecule has 0 saturated heterocycles. The van der Waals surface area contributed by atoms with Gasteiger partial charge >= 0.3 is 0 Å². The van der Waals surface area contributed by atoms with Crippen molar-refractivity contribution in [2.75, 3.05) is 0 Å². The van der Waals surface area contributed by atoms with Gasteiger partial charge in [-0.15, -0.1) is 0 Å². The Kier molecular flexibility index (Phi) is 6.84. The lowest BCUT2D eigenvalue weighted by molar-refractivity contribution is 1.17. The predicted molar refractivity (Wildman–Crippen MR) is 215 cm³/mol. The summed E-state index contributed by atoms with van der Waals surface area (Å²) in [6.45, 7) is 7.60. The Morgan fingerprint density at radius 3 is 1.75 bits per heavy atom. The van der Waals surface area contributed by atoms with Crippen molar-refractivity contribution in [1.82, 2.24) is 14.1 Å². The number of rotatable bonds is 5. The Morgan fingerprint density at radius 2 is 1.00 bits per heavy atom. The number of nitrogens with zero attached hydrogens (tertiary/aromatic N) is 4. The minimum absolute atomic E-state index is 0.597. The third kappa shape index (κ3) is 4.72. The number of aromatic nitrogens is 3. The molecule has 0 aliphatic heterocycles. The largest absolute Gasteiger partial charge is 0.309 e. The van der Waals surface area contributed by atoms with Gasteiger partial charge in [-0.3, -0.25) is 0 Å². The molecule has 0 aliphatic carbocycles. The summed E-state index contributed by atoms with van der Waals surface area (Å²) >= 11 is 0. The van der Waals surface area contributed by atoms with Gasteiger partial charge in [-0.2, -0.15) is 0 Å². The third-order valence-electron chi connectivity index (χ3n) is 10.1. The average molecular weight is 663 g/mol. The fraction of sp³-hybridized carbons (Fsp3) is 0. The van der Waals surface area contributed by atoms with E-state index in [1.807, 2.05) is 30.3 Å². The van der Waals surface area contributed by atoms with Gasteiger partial charge in [0.25, 0.3) is 0 Å². The molecule has 52 heavy (non-hydrogen) atoms. The second-order valence-electron chi connectivity index (χ2n) is 13.1. The maximum absolute atomic E-state index is 7.60. The summed E-state index contributed by atoms with van der Waals surface area (Å²) in [5.74, 6) is 0. The molecule has 3 heterocycles. The van der Waals surface area contributed by atoms with E-state index in [-0.39, 0.29) is 0 Å². The second-order valence-corrected chi connectivity index (χ2v) is 13.1. The number of para-hydroxylation sites is 3. The first-order valence-corrected chi connectivity index (χ1v) is 17.4. The Morgan fingerprint density at radius 1 is 0.404 bits per heavy atom. The van der Waals surface area contributed by atoms with E-state index in [0.29, 0.717) is 5.69 Å². The van der Waals surface area contributed by atoms with E-state index < -0.39 is 0 Å². The SMILES string of the molecule is [C-]#[N+]c1cccc(-c2cc(-c3ccccc3)cc(-c3cccc(-n4c5ccccc5c5ccc6c(c7ccccc7n6-c6ccccc6)c54)c3)n2)c1. The molecule has 10 aromatic rings. The molecule has 0 spiro atoms. The highest BCUT2D eigenvalue weighted by Crippen LogP contribution is 2.42. The van der Waals surface area contributed by atoms with Gasteiger partial charge in [0, 0.05) is 38.5 Å². The van der Waals surface area contributed by atoms with Crippen LogP contribution < -0.4 is 0 Å². The molecular weight excluding hydrogens is 633 g/mol. The van der Waals surface area contributed by atoms with Gasteiger partial charge < -0.3 is 9.13 Å². The van der Waals surface area contributed by atoms with Crippen LogP contribution in [0, 0.1) is 6.57 Å². The summed E-state index contributed by atoms with van der Waals surface area (Å²) in [5.41, 5.74) is 13.3. The standard InChI is InChI=1S/C48H30N4/c1-49-36-18-12-16-33(28-36)42-30-35(32-14-4-2-5-15-32)31-43(50-42)34-17-13-21-38(29-34)52-44-24-10-8-22-39(44)40-26-27-46-47(48(40)52)41-23-9-11-25-45(41)51(46)37-19-6-3-7-20-37/h2-31H. The van der Waals surface area contributed by atoms with E-state index in [1.165, 1.54) is 38.1 Å². The summed E-state index contributed by atoms with van der Waals surface area (Å²) in [7, 11) is 0. The van der Waals surface area contributed by atoms with Crippen molar-refractivity contribution in [2.24, 2.45) is 0 Å². The number of fused-ring (bicyclic) bond motifs is 7. The number of hydrogen-bond donors (Lipinski definition) is 0. The van der Waals surface area contributed by atoms with E-state index >= 15 is 0 Å².